The van der Waals surface area contributed by atoms with Gasteiger partial charge < -0.3 is 14.5 Å². The number of anilines is 1. The first-order chi connectivity index (χ1) is 14.6. The predicted molar refractivity (Wildman–Crippen MR) is 115 cm³/mol. The van der Waals surface area contributed by atoms with Crippen molar-refractivity contribution in [2.24, 2.45) is 0 Å². The van der Waals surface area contributed by atoms with E-state index in [0.717, 1.165) is 0 Å². The summed E-state index contributed by atoms with van der Waals surface area (Å²) in [6.07, 6.45) is 3.40. The number of carbonyl (C=O) groups is 1. The van der Waals surface area contributed by atoms with E-state index >= 15 is 0 Å². The van der Waals surface area contributed by atoms with Crippen LogP contribution in [0.25, 0.3) is 0 Å². The number of nitrogens with zero attached hydrogens (tertiary/aromatic N) is 2. The molecule has 0 aliphatic heterocycles. The number of rotatable bonds is 7. The van der Waals surface area contributed by atoms with Crippen LogP contribution in [0.2, 0.25) is 5.02 Å². The van der Waals surface area contributed by atoms with E-state index in [4.69, 9.17) is 20.8 Å². The number of hydrogen-bond acceptors (Lipinski definition) is 4. The van der Waals surface area contributed by atoms with E-state index in [1.165, 1.54) is 11.1 Å². The van der Waals surface area contributed by atoms with Gasteiger partial charge in [-0.25, -0.2) is 0 Å². The summed E-state index contributed by atoms with van der Waals surface area (Å²) in [5, 5.41) is 7.76. The van der Waals surface area contributed by atoms with E-state index in [1.807, 2.05) is 12.1 Å². The minimum absolute atomic E-state index is 0.205. The molecule has 0 atom stereocenters. The molecule has 6 nitrogen and oxygen atoms in total. The van der Waals surface area contributed by atoms with Crippen LogP contribution in [0.15, 0.2) is 77.5 Å². The van der Waals surface area contributed by atoms with Gasteiger partial charge >= 0.3 is 0 Å². The first kappa shape index (κ1) is 19.8. The Morgan fingerprint density at radius 3 is 2.73 bits per heavy atom. The van der Waals surface area contributed by atoms with E-state index < -0.39 is 0 Å². The first-order valence-corrected chi connectivity index (χ1v) is 9.80. The van der Waals surface area contributed by atoms with Crippen molar-refractivity contribution < 1.29 is 13.9 Å². The predicted octanol–water partition coefficient (Wildman–Crippen LogP) is 5.32. The molecular weight excluding hydrogens is 402 g/mol. The molecule has 4 rings (SSSR count). The third-order valence-corrected chi connectivity index (χ3v) is 4.82. The lowest BCUT2D eigenvalue weighted by Gasteiger charge is -2.05. The van der Waals surface area contributed by atoms with Crippen LogP contribution in [0.1, 0.15) is 27.4 Å². The molecule has 0 unspecified atom stereocenters. The lowest BCUT2D eigenvalue weighted by Crippen LogP contribution is -2.10. The Labute approximate surface area is 179 Å². The summed E-state index contributed by atoms with van der Waals surface area (Å²) in [5.41, 5.74) is 2.97. The zero-order valence-electron chi connectivity index (χ0n) is 16.3. The molecule has 4 aromatic rings. The van der Waals surface area contributed by atoms with E-state index in [9.17, 15) is 4.79 Å². The van der Waals surface area contributed by atoms with Gasteiger partial charge in [0.15, 0.2) is 5.76 Å². The number of ether oxygens (including phenoxy) is 1. The first-order valence-electron chi connectivity index (χ1n) is 9.42. The normalized spacial score (nSPS) is 10.7. The number of aromatic nitrogens is 2. The van der Waals surface area contributed by atoms with Crippen molar-refractivity contribution in [2.75, 3.05) is 5.32 Å². The fourth-order valence-electron chi connectivity index (χ4n) is 2.93. The SMILES string of the molecule is Cc1ccccc1Cn1cc(NC(=O)c2ccc(COc3ccc(Cl)cc3)o2)cn1. The van der Waals surface area contributed by atoms with Crippen LogP contribution in [-0.4, -0.2) is 15.7 Å². The van der Waals surface area contributed by atoms with Crippen LogP contribution in [0, 0.1) is 6.92 Å². The summed E-state index contributed by atoms with van der Waals surface area (Å²) in [5.74, 6) is 1.08. The Hall–Kier alpha value is -3.51. The van der Waals surface area contributed by atoms with E-state index in [0.29, 0.717) is 28.8 Å². The average molecular weight is 422 g/mol. The highest BCUT2D eigenvalue weighted by molar-refractivity contribution is 6.30. The number of aryl methyl sites for hydroxylation is 1. The molecule has 0 bridgehead atoms. The summed E-state index contributed by atoms with van der Waals surface area (Å²) in [7, 11) is 0. The fraction of sp³-hybridized carbons (Fsp3) is 0.130. The van der Waals surface area contributed by atoms with Gasteiger partial charge in [0.25, 0.3) is 5.91 Å². The molecule has 0 aliphatic carbocycles. The van der Waals surface area contributed by atoms with Gasteiger partial charge in [0.1, 0.15) is 18.1 Å². The van der Waals surface area contributed by atoms with Crippen molar-refractivity contribution in [3.05, 3.63) is 101 Å². The standard InChI is InChI=1S/C23H20ClN3O3/c1-16-4-2-3-5-17(16)13-27-14-19(12-25-27)26-23(28)22-11-10-21(30-22)15-29-20-8-6-18(24)7-9-20/h2-12,14H,13,15H2,1H3,(H,26,28). The van der Waals surface area contributed by atoms with E-state index in [2.05, 4.69) is 29.5 Å². The van der Waals surface area contributed by atoms with Crippen LogP contribution >= 0.6 is 11.6 Å². The van der Waals surface area contributed by atoms with Crippen LogP contribution in [0.5, 0.6) is 5.75 Å². The number of amides is 1. The highest BCUT2D eigenvalue weighted by atomic mass is 35.5. The second-order valence-corrected chi connectivity index (χ2v) is 7.25. The maximum Gasteiger partial charge on any atom is 0.291 e. The zero-order valence-corrected chi connectivity index (χ0v) is 17.1. The van der Waals surface area contributed by atoms with Gasteiger partial charge in [-0.1, -0.05) is 35.9 Å². The van der Waals surface area contributed by atoms with Crippen molar-refractivity contribution >= 4 is 23.2 Å². The molecule has 0 fully saturated rings. The van der Waals surface area contributed by atoms with Crippen LogP contribution in [-0.2, 0) is 13.2 Å². The molecule has 0 radical (unpaired) electrons. The molecule has 1 N–H and O–H groups in total. The number of hydrogen-bond donors (Lipinski definition) is 1. The second-order valence-electron chi connectivity index (χ2n) is 6.82. The van der Waals surface area contributed by atoms with Gasteiger partial charge in [0, 0.05) is 11.2 Å². The zero-order chi connectivity index (χ0) is 20.9. The Kier molecular flexibility index (Phi) is 5.86. The fourth-order valence-corrected chi connectivity index (χ4v) is 3.06. The molecule has 0 saturated carbocycles. The molecule has 1 amide bonds. The average Bonchev–Trinajstić information content (AvgIpc) is 3.39. The van der Waals surface area contributed by atoms with Gasteiger partial charge in [-0.05, 0) is 54.4 Å². The Bertz CT molecular complexity index is 1150. The number of nitrogens with one attached hydrogen (secondary N) is 1. The molecule has 2 aromatic heterocycles. The quantitative estimate of drug-likeness (QED) is 0.438. The molecule has 2 aromatic carbocycles. The van der Waals surface area contributed by atoms with Gasteiger partial charge in [-0.15, -0.1) is 0 Å². The minimum Gasteiger partial charge on any atom is -0.486 e. The summed E-state index contributed by atoms with van der Waals surface area (Å²) in [4.78, 5) is 12.5. The van der Waals surface area contributed by atoms with Crippen LogP contribution in [0.4, 0.5) is 5.69 Å². The lowest BCUT2D eigenvalue weighted by molar-refractivity contribution is 0.0992. The number of halogens is 1. The highest BCUT2D eigenvalue weighted by Crippen LogP contribution is 2.18. The van der Waals surface area contributed by atoms with Crippen LogP contribution in [0.3, 0.4) is 0 Å². The Morgan fingerprint density at radius 2 is 1.93 bits per heavy atom. The van der Waals surface area contributed by atoms with Crippen molar-refractivity contribution in [3.8, 4) is 5.75 Å². The van der Waals surface area contributed by atoms with E-state index in [-0.39, 0.29) is 18.3 Å². The topological polar surface area (TPSA) is 69.3 Å². The lowest BCUT2D eigenvalue weighted by atomic mass is 10.1. The minimum atomic E-state index is -0.344. The molecule has 0 saturated heterocycles. The van der Waals surface area contributed by atoms with Crippen molar-refractivity contribution in [1.29, 1.82) is 0 Å². The number of carbonyl (C=O) groups excluding carboxylic acids is 1. The van der Waals surface area contributed by atoms with Gasteiger partial charge in [0.2, 0.25) is 0 Å². The molecule has 152 valence electrons. The van der Waals surface area contributed by atoms with Crippen molar-refractivity contribution in [2.45, 2.75) is 20.1 Å². The molecule has 30 heavy (non-hydrogen) atoms. The number of furan rings is 1. The third kappa shape index (κ3) is 4.90. The summed E-state index contributed by atoms with van der Waals surface area (Å²) in [6.45, 7) is 2.91. The molecule has 0 spiro atoms. The summed E-state index contributed by atoms with van der Waals surface area (Å²) in [6, 6.07) is 18.5. The maximum atomic E-state index is 12.5. The largest absolute Gasteiger partial charge is 0.486 e. The Morgan fingerprint density at radius 1 is 1.13 bits per heavy atom. The summed E-state index contributed by atoms with van der Waals surface area (Å²) >= 11 is 5.86. The second kappa shape index (κ2) is 8.88. The highest BCUT2D eigenvalue weighted by Gasteiger charge is 2.13. The van der Waals surface area contributed by atoms with Crippen molar-refractivity contribution in [1.82, 2.24) is 9.78 Å². The van der Waals surface area contributed by atoms with Gasteiger partial charge in [-0.2, -0.15) is 5.10 Å². The number of benzene rings is 2. The monoisotopic (exact) mass is 421 g/mol. The molecular formula is C23H20ClN3O3. The molecule has 0 aliphatic rings. The smallest absolute Gasteiger partial charge is 0.291 e. The Balaban J connectivity index is 1.34. The van der Waals surface area contributed by atoms with Crippen molar-refractivity contribution in [3.63, 3.8) is 0 Å². The van der Waals surface area contributed by atoms with Gasteiger partial charge in [-0.3, -0.25) is 9.48 Å². The maximum absolute atomic E-state index is 12.5. The third-order valence-electron chi connectivity index (χ3n) is 4.56. The molecule has 7 heteroatoms. The van der Waals surface area contributed by atoms with Gasteiger partial charge in [0.05, 0.1) is 18.4 Å². The molecule has 2 heterocycles. The van der Waals surface area contributed by atoms with E-state index in [1.54, 1.807) is 53.5 Å². The van der Waals surface area contributed by atoms with Crippen LogP contribution < -0.4 is 10.1 Å². The summed E-state index contributed by atoms with van der Waals surface area (Å²) < 4.78 is 13.0.